The average molecular weight is 746 g/mol. The van der Waals surface area contributed by atoms with Crippen molar-refractivity contribution in [1.82, 2.24) is 19.8 Å². The smallest absolute Gasteiger partial charge is 0.414 e. The highest BCUT2D eigenvalue weighted by molar-refractivity contribution is 5.85. The summed E-state index contributed by atoms with van der Waals surface area (Å²) in [5.41, 5.74) is 5.65. The van der Waals surface area contributed by atoms with Crippen LogP contribution in [0.5, 0.6) is 11.5 Å². The van der Waals surface area contributed by atoms with E-state index in [9.17, 15) is 19.2 Å². The Kier molecular flexibility index (Phi) is 16.4. The summed E-state index contributed by atoms with van der Waals surface area (Å²) >= 11 is 0. The molecule has 0 spiro atoms. The van der Waals surface area contributed by atoms with Gasteiger partial charge in [-0.05, 0) is 68.6 Å². The second-order valence-electron chi connectivity index (χ2n) is 14.9. The van der Waals surface area contributed by atoms with Crippen LogP contribution in [-0.2, 0) is 42.0 Å². The number of methoxy groups -OCH3 is 2. The summed E-state index contributed by atoms with van der Waals surface area (Å²) < 4.78 is 35.1. The molecule has 3 rings (SSSR count). The zero-order valence-corrected chi connectivity index (χ0v) is 32.7. The largest absolute Gasteiger partial charge is 0.493 e. The number of primary amides is 1. The van der Waals surface area contributed by atoms with Gasteiger partial charge in [-0.25, -0.2) is 14.6 Å². The van der Waals surface area contributed by atoms with Gasteiger partial charge in [0.05, 0.1) is 31.3 Å². The summed E-state index contributed by atoms with van der Waals surface area (Å²) in [6, 6.07) is 5.41. The van der Waals surface area contributed by atoms with Gasteiger partial charge in [-0.1, -0.05) is 33.8 Å². The molecule has 1 aliphatic rings. The predicted octanol–water partition coefficient (Wildman–Crippen LogP) is 4.32. The lowest BCUT2D eigenvalue weighted by Gasteiger charge is -2.33. The third kappa shape index (κ3) is 12.3. The molecular weight excluding hydrogens is 686 g/mol. The number of hydrogen-bond acceptors (Lipinski definition) is 11. The Morgan fingerprint density at radius 1 is 1.04 bits per heavy atom. The highest BCUT2D eigenvalue weighted by Gasteiger charge is 2.43. The SMILES string of the molecule is COCCCOc1cc(CC(C[C@H]2[C@H](CC(C(=O)NCC(C)(C)C(N)=O)C(C)C)OCN2C(=O)OCOC(=O)c2nccn2C)C(C)C)ccc1OC. The molecule has 0 saturated carbocycles. The molecular formula is C38H59N5O10. The van der Waals surface area contributed by atoms with Crippen LogP contribution in [0.2, 0.25) is 0 Å². The van der Waals surface area contributed by atoms with Crippen molar-refractivity contribution < 1.29 is 47.6 Å². The van der Waals surface area contributed by atoms with Gasteiger partial charge in [-0.2, -0.15) is 0 Å². The fourth-order valence-corrected chi connectivity index (χ4v) is 6.13. The summed E-state index contributed by atoms with van der Waals surface area (Å²) in [5, 5.41) is 2.91. The van der Waals surface area contributed by atoms with E-state index in [1.165, 1.54) is 15.7 Å². The van der Waals surface area contributed by atoms with Crippen molar-refractivity contribution in [3.63, 3.8) is 0 Å². The van der Waals surface area contributed by atoms with Crippen molar-refractivity contribution >= 4 is 23.9 Å². The molecule has 0 bridgehead atoms. The molecule has 15 heteroatoms. The van der Waals surface area contributed by atoms with Gasteiger partial charge in [0.2, 0.25) is 24.4 Å². The van der Waals surface area contributed by atoms with E-state index in [0.717, 1.165) is 12.0 Å². The number of nitrogens with one attached hydrogen (secondary N) is 1. The van der Waals surface area contributed by atoms with Gasteiger partial charge in [-0.3, -0.25) is 14.5 Å². The van der Waals surface area contributed by atoms with Crippen molar-refractivity contribution in [2.75, 3.05) is 47.5 Å². The van der Waals surface area contributed by atoms with Crippen LogP contribution in [0.1, 0.15) is 77.0 Å². The minimum atomic E-state index is -0.926. The molecule has 1 aromatic heterocycles. The Hall–Kier alpha value is -4.37. The highest BCUT2D eigenvalue weighted by Crippen LogP contribution is 2.36. The van der Waals surface area contributed by atoms with Crippen LogP contribution in [0.4, 0.5) is 4.79 Å². The van der Waals surface area contributed by atoms with Gasteiger partial charge in [0.15, 0.2) is 11.5 Å². The van der Waals surface area contributed by atoms with Crippen molar-refractivity contribution in [2.24, 2.45) is 41.9 Å². The number of hydrogen-bond donors (Lipinski definition) is 2. The molecule has 1 aromatic carbocycles. The number of benzene rings is 1. The highest BCUT2D eigenvalue weighted by atomic mass is 16.7. The van der Waals surface area contributed by atoms with Gasteiger partial charge in [0.1, 0.15) is 6.73 Å². The van der Waals surface area contributed by atoms with E-state index in [1.54, 1.807) is 41.3 Å². The molecule has 4 atom stereocenters. The topological polar surface area (TPSA) is 183 Å². The summed E-state index contributed by atoms with van der Waals surface area (Å²) in [6.07, 6.45) is 4.08. The first-order chi connectivity index (χ1) is 25.1. The van der Waals surface area contributed by atoms with E-state index in [1.807, 2.05) is 32.0 Å². The number of ether oxygens (including phenoxy) is 6. The Labute approximate surface area is 313 Å². The first kappa shape index (κ1) is 43.0. The molecule has 296 valence electrons. The Morgan fingerprint density at radius 2 is 1.77 bits per heavy atom. The van der Waals surface area contributed by atoms with Crippen LogP contribution in [0, 0.1) is 29.1 Å². The van der Waals surface area contributed by atoms with Crippen LogP contribution >= 0.6 is 0 Å². The molecule has 0 aliphatic carbocycles. The lowest BCUT2D eigenvalue weighted by molar-refractivity contribution is -0.130. The van der Waals surface area contributed by atoms with Gasteiger partial charge >= 0.3 is 12.1 Å². The van der Waals surface area contributed by atoms with Gasteiger partial charge < -0.3 is 44.0 Å². The van der Waals surface area contributed by atoms with E-state index >= 15 is 0 Å². The quantitative estimate of drug-likeness (QED) is 0.106. The Balaban J connectivity index is 1.84. The fourth-order valence-electron chi connectivity index (χ4n) is 6.13. The van der Waals surface area contributed by atoms with Crippen LogP contribution in [0.15, 0.2) is 30.6 Å². The first-order valence-corrected chi connectivity index (χ1v) is 18.1. The normalized spacial score (nSPS) is 17.1. The molecule has 53 heavy (non-hydrogen) atoms. The van der Waals surface area contributed by atoms with Crippen molar-refractivity contribution in [3.05, 3.63) is 42.0 Å². The maximum atomic E-state index is 13.6. The Bertz CT molecular complexity index is 1510. The second kappa shape index (κ2) is 20.2. The van der Waals surface area contributed by atoms with Crippen LogP contribution in [0.3, 0.4) is 0 Å². The third-order valence-electron chi connectivity index (χ3n) is 9.83. The van der Waals surface area contributed by atoms with Crippen LogP contribution in [0.25, 0.3) is 0 Å². The number of nitrogens with two attached hydrogens (primary N) is 1. The molecule has 1 aliphatic heterocycles. The number of aromatic nitrogens is 2. The van der Waals surface area contributed by atoms with E-state index < -0.39 is 48.2 Å². The van der Waals surface area contributed by atoms with E-state index in [0.29, 0.717) is 44.0 Å². The van der Waals surface area contributed by atoms with E-state index in [2.05, 4.69) is 24.1 Å². The lowest BCUT2D eigenvalue weighted by atomic mass is 9.80. The molecule has 3 N–H and O–H groups in total. The standard InChI is InChI=1S/C38H59N5O10/c1-24(2)27(17-26-11-12-30(49-9)32(18-26)50-16-10-15-48-8)19-29-31(20-28(25(3)4)34(44)41-21-38(5,6)36(39)46)51-22-43(29)37(47)53-23-52-35(45)33-40-13-14-42(33)7/h11-14,18,24-25,27-29,31H,10,15-17,19-23H2,1-9H3,(H2,39,46)(H,41,44)/t27?,28?,29-,31-/m0/s1. The number of amides is 3. The molecule has 2 unspecified atom stereocenters. The number of rotatable bonds is 21. The minimum Gasteiger partial charge on any atom is -0.493 e. The maximum Gasteiger partial charge on any atom is 0.414 e. The Morgan fingerprint density at radius 3 is 2.38 bits per heavy atom. The molecule has 3 amide bonds. The van der Waals surface area contributed by atoms with Crippen molar-refractivity contribution in [1.29, 1.82) is 0 Å². The zero-order valence-electron chi connectivity index (χ0n) is 32.7. The monoisotopic (exact) mass is 745 g/mol. The van der Waals surface area contributed by atoms with Gasteiger partial charge in [-0.15, -0.1) is 0 Å². The molecule has 2 heterocycles. The second-order valence-corrected chi connectivity index (χ2v) is 14.9. The fraction of sp³-hybridized carbons (Fsp3) is 0.658. The summed E-state index contributed by atoms with van der Waals surface area (Å²) in [7, 11) is 4.90. The number of imidazole rings is 1. The lowest BCUT2D eigenvalue weighted by Crippen LogP contribution is -2.47. The van der Waals surface area contributed by atoms with Gasteiger partial charge in [0, 0.05) is 52.0 Å². The molecule has 2 aromatic rings. The van der Waals surface area contributed by atoms with Crippen LogP contribution < -0.4 is 20.5 Å². The summed E-state index contributed by atoms with van der Waals surface area (Å²) in [5.74, 6) is -0.434. The number of nitrogens with zero attached hydrogens (tertiary/aromatic N) is 3. The van der Waals surface area contributed by atoms with Crippen molar-refractivity contribution in [2.45, 2.75) is 79.4 Å². The molecule has 1 fully saturated rings. The maximum absolute atomic E-state index is 13.6. The molecule has 1 saturated heterocycles. The number of aryl methyl sites for hydroxylation is 1. The van der Waals surface area contributed by atoms with E-state index in [4.69, 9.17) is 34.2 Å². The first-order valence-electron chi connectivity index (χ1n) is 18.1. The number of carbonyl (C=O) groups is 4. The summed E-state index contributed by atoms with van der Waals surface area (Å²) in [6.45, 7) is 12.0. The predicted molar refractivity (Wildman–Crippen MR) is 196 cm³/mol. The summed E-state index contributed by atoms with van der Waals surface area (Å²) in [4.78, 5) is 57.0. The molecule has 0 radical (unpaired) electrons. The van der Waals surface area contributed by atoms with Crippen molar-refractivity contribution in [3.8, 4) is 11.5 Å². The molecule has 15 nitrogen and oxygen atoms in total. The van der Waals surface area contributed by atoms with Gasteiger partial charge in [0.25, 0.3) is 0 Å². The minimum absolute atomic E-state index is 0.0678. The number of carbonyl (C=O) groups excluding carboxylic acids is 4. The zero-order chi connectivity index (χ0) is 39.3. The van der Waals surface area contributed by atoms with Crippen LogP contribution in [-0.4, -0.2) is 98.0 Å². The van der Waals surface area contributed by atoms with E-state index in [-0.39, 0.29) is 42.8 Å². The third-order valence-corrected chi connectivity index (χ3v) is 9.83. The number of esters is 1. The average Bonchev–Trinajstić information content (AvgIpc) is 3.72.